The maximum Gasteiger partial charge on any atom is 0.220 e. The van der Waals surface area contributed by atoms with Crippen LogP contribution in [0.4, 0.5) is 0 Å². The zero-order valence-electron chi connectivity index (χ0n) is 15.5. The highest BCUT2D eigenvalue weighted by molar-refractivity contribution is 9.10. The zero-order chi connectivity index (χ0) is 18.9. The van der Waals surface area contributed by atoms with Gasteiger partial charge < -0.3 is 14.8 Å². The molecule has 0 saturated carbocycles. The van der Waals surface area contributed by atoms with E-state index >= 15 is 0 Å². The van der Waals surface area contributed by atoms with Gasteiger partial charge in [-0.1, -0.05) is 34.1 Å². The van der Waals surface area contributed by atoms with E-state index in [2.05, 4.69) is 21.2 Å². The number of amides is 1. The van der Waals surface area contributed by atoms with Gasteiger partial charge in [0.1, 0.15) is 0 Å². The van der Waals surface area contributed by atoms with E-state index in [1.165, 1.54) is 0 Å². The van der Waals surface area contributed by atoms with Gasteiger partial charge in [0.25, 0.3) is 0 Å². The van der Waals surface area contributed by atoms with Gasteiger partial charge in [0.2, 0.25) is 5.91 Å². The average Bonchev–Trinajstić information content (AvgIpc) is 2.62. The standard InChI is InChI=1S/C21H26BrNO3/c1-4-25-19-11-10-17(14-20(19)26-5-2)15(3)23-21(24)12-9-16-7-6-8-18(22)13-16/h6-8,10-11,13-15H,4-5,9,12H2,1-3H3,(H,23,24). The summed E-state index contributed by atoms with van der Waals surface area (Å²) in [5, 5.41) is 3.05. The van der Waals surface area contributed by atoms with Crippen LogP contribution in [-0.4, -0.2) is 19.1 Å². The summed E-state index contributed by atoms with van der Waals surface area (Å²) in [7, 11) is 0. The Morgan fingerprint density at radius 3 is 2.50 bits per heavy atom. The zero-order valence-corrected chi connectivity index (χ0v) is 17.1. The summed E-state index contributed by atoms with van der Waals surface area (Å²) in [5.74, 6) is 1.47. The summed E-state index contributed by atoms with van der Waals surface area (Å²) >= 11 is 3.45. The van der Waals surface area contributed by atoms with Crippen LogP contribution < -0.4 is 14.8 Å². The molecule has 0 spiro atoms. The number of aryl methyl sites for hydroxylation is 1. The minimum Gasteiger partial charge on any atom is -0.490 e. The van der Waals surface area contributed by atoms with E-state index in [9.17, 15) is 4.79 Å². The quantitative estimate of drug-likeness (QED) is 0.617. The van der Waals surface area contributed by atoms with E-state index in [1.807, 2.05) is 63.2 Å². The van der Waals surface area contributed by atoms with Crippen LogP contribution in [0.2, 0.25) is 0 Å². The molecule has 0 aliphatic heterocycles. The minimum atomic E-state index is -0.0973. The van der Waals surface area contributed by atoms with Crippen LogP contribution in [0.1, 0.15) is 44.4 Å². The molecular weight excluding hydrogens is 394 g/mol. The number of hydrogen-bond donors (Lipinski definition) is 1. The third-order valence-corrected chi connectivity index (χ3v) is 4.47. The summed E-state index contributed by atoms with van der Waals surface area (Å²) in [6.45, 7) is 7.01. The van der Waals surface area contributed by atoms with Gasteiger partial charge in [-0.05, 0) is 62.6 Å². The first-order valence-electron chi connectivity index (χ1n) is 8.96. The van der Waals surface area contributed by atoms with Gasteiger partial charge in [0, 0.05) is 10.9 Å². The molecule has 0 bridgehead atoms. The van der Waals surface area contributed by atoms with Gasteiger partial charge in [-0.2, -0.15) is 0 Å². The summed E-state index contributed by atoms with van der Waals surface area (Å²) in [6, 6.07) is 13.7. The Bertz CT molecular complexity index is 733. The smallest absolute Gasteiger partial charge is 0.220 e. The number of halogens is 1. The number of carbonyl (C=O) groups excluding carboxylic acids is 1. The average molecular weight is 420 g/mol. The lowest BCUT2D eigenvalue weighted by Gasteiger charge is -2.17. The van der Waals surface area contributed by atoms with E-state index in [1.54, 1.807) is 0 Å². The van der Waals surface area contributed by atoms with Gasteiger partial charge in [0.15, 0.2) is 11.5 Å². The highest BCUT2D eigenvalue weighted by atomic mass is 79.9. The summed E-state index contributed by atoms with van der Waals surface area (Å²) in [5.41, 5.74) is 2.13. The first kappa shape index (κ1) is 20.3. The molecule has 1 N–H and O–H groups in total. The van der Waals surface area contributed by atoms with Crippen LogP contribution in [0.25, 0.3) is 0 Å². The fraction of sp³-hybridized carbons (Fsp3) is 0.381. The first-order valence-corrected chi connectivity index (χ1v) is 9.76. The molecule has 0 fully saturated rings. The molecular formula is C21H26BrNO3. The second kappa shape index (κ2) is 10.2. The number of hydrogen-bond acceptors (Lipinski definition) is 3. The van der Waals surface area contributed by atoms with E-state index in [4.69, 9.17) is 9.47 Å². The fourth-order valence-corrected chi connectivity index (χ4v) is 3.13. The van der Waals surface area contributed by atoms with Gasteiger partial charge in [-0.15, -0.1) is 0 Å². The van der Waals surface area contributed by atoms with Gasteiger partial charge in [0.05, 0.1) is 19.3 Å². The molecule has 0 heterocycles. The Labute approximate surface area is 164 Å². The van der Waals surface area contributed by atoms with Crippen molar-refractivity contribution >= 4 is 21.8 Å². The van der Waals surface area contributed by atoms with Crippen molar-refractivity contribution in [2.24, 2.45) is 0 Å². The predicted octanol–water partition coefficient (Wildman–Crippen LogP) is 5.06. The lowest BCUT2D eigenvalue weighted by Crippen LogP contribution is -2.26. The minimum absolute atomic E-state index is 0.0318. The van der Waals surface area contributed by atoms with E-state index in [0.29, 0.717) is 31.8 Å². The maximum absolute atomic E-state index is 12.3. The van der Waals surface area contributed by atoms with Gasteiger partial charge >= 0.3 is 0 Å². The molecule has 0 aliphatic carbocycles. The Hall–Kier alpha value is -2.01. The Balaban J connectivity index is 1.96. The summed E-state index contributed by atoms with van der Waals surface area (Å²) < 4.78 is 12.3. The molecule has 0 saturated heterocycles. The Morgan fingerprint density at radius 2 is 1.81 bits per heavy atom. The molecule has 4 nitrogen and oxygen atoms in total. The lowest BCUT2D eigenvalue weighted by molar-refractivity contribution is -0.121. The van der Waals surface area contributed by atoms with Crippen LogP contribution in [0.5, 0.6) is 11.5 Å². The molecule has 2 rings (SSSR count). The molecule has 0 aliphatic rings. The highest BCUT2D eigenvalue weighted by Gasteiger charge is 2.13. The molecule has 2 aromatic carbocycles. The third-order valence-electron chi connectivity index (χ3n) is 3.97. The maximum atomic E-state index is 12.3. The number of benzene rings is 2. The second-order valence-corrected chi connectivity index (χ2v) is 6.91. The molecule has 5 heteroatoms. The second-order valence-electron chi connectivity index (χ2n) is 5.99. The molecule has 1 amide bonds. The lowest BCUT2D eigenvalue weighted by atomic mass is 10.1. The predicted molar refractivity (Wildman–Crippen MR) is 108 cm³/mol. The van der Waals surface area contributed by atoms with Crippen LogP contribution in [0.15, 0.2) is 46.9 Å². The van der Waals surface area contributed by atoms with Crippen LogP contribution in [0.3, 0.4) is 0 Å². The number of nitrogens with one attached hydrogen (secondary N) is 1. The van der Waals surface area contributed by atoms with Crippen molar-refractivity contribution in [3.63, 3.8) is 0 Å². The Kier molecular flexibility index (Phi) is 7.98. The van der Waals surface area contributed by atoms with Crippen molar-refractivity contribution in [3.05, 3.63) is 58.1 Å². The molecule has 1 atom stereocenters. The molecule has 26 heavy (non-hydrogen) atoms. The van der Waals surface area contributed by atoms with Crippen molar-refractivity contribution < 1.29 is 14.3 Å². The number of rotatable bonds is 9. The van der Waals surface area contributed by atoms with Crippen LogP contribution >= 0.6 is 15.9 Å². The van der Waals surface area contributed by atoms with E-state index < -0.39 is 0 Å². The molecule has 140 valence electrons. The molecule has 0 aromatic heterocycles. The van der Waals surface area contributed by atoms with E-state index in [0.717, 1.165) is 21.3 Å². The molecule has 0 radical (unpaired) electrons. The number of ether oxygens (including phenoxy) is 2. The van der Waals surface area contributed by atoms with E-state index in [-0.39, 0.29) is 11.9 Å². The monoisotopic (exact) mass is 419 g/mol. The topological polar surface area (TPSA) is 47.6 Å². The molecule has 2 aromatic rings. The van der Waals surface area contributed by atoms with Gasteiger partial charge in [-0.3, -0.25) is 4.79 Å². The summed E-state index contributed by atoms with van der Waals surface area (Å²) in [4.78, 5) is 12.3. The normalized spacial score (nSPS) is 11.7. The van der Waals surface area contributed by atoms with Gasteiger partial charge in [-0.25, -0.2) is 0 Å². The van der Waals surface area contributed by atoms with Crippen molar-refractivity contribution in [2.45, 2.75) is 39.7 Å². The van der Waals surface area contributed by atoms with Crippen molar-refractivity contribution in [1.82, 2.24) is 5.32 Å². The highest BCUT2D eigenvalue weighted by Crippen LogP contribution is 2.30. The first-order chi connectivity index (χ1) is 12.5. The SMILES string of the molecule is CCOc1ccc(C(C)NC(=O)CCc2cccc(Br)c2)cc1OCC. The summed E-state index contributed by atoms with van der Waals surface area (Å²) in [6.07, 6.45) is 1.17. The van der Waals surface area contributed by atoms with Crippen molar-refractivity contribution in [2.75, 3.05) is 13.2 Å². The number of carbonyl (C=O) groups is 1. The Morgan fingerprint density at radius 1 is 1.08 bits per heavy atom. The third kappa shape index (κ3) is 6.06. The largest absolute Gasteiger partial charge is 0.490 e. The fourth-order valence-electron chi connectivity index (χ4n) is 2.68. The van der Waals surface area contributed by atoms with Crippen molar-refractivity contribution in [3.8, 4) is 11.5 Å². The van der Waals surface area contributed by atoms with Crippen LogP contribution in [-0.2, 0) is 11.2 Å². The molecule has 1 unspecified atom stereocenters. The van der Waals surface area contributed by atoms with Crippen molar-refractivity contribution in [1.29, 1.82) is 0 Å². The van der Waals surface area contributed by atoms with Crippen LogP contribution in [0, 0.1) is 0 Å².